The first-order chi connectivity index (χ1) is 9.41. The van der Waals surface area contributed by atoms with Crippen molar-refractivity contribution in [2.75, 3.05) is 26.0 Å². The number of nitrogens with zero attached hydrogens (tertiary/aromatic N) is 3. The Morgan fingerprint density at radius 3 is 2.60 bits per heavy atom. The number of hydrogen-bond acceptors (Lipinski definition) is 6. The van der Waals surface area contributed by atoms with Crippen molar-refractivity contribution in [3.05, 3.63) is 5.01 Å². The van der Waals surface area contributed by atoms with E-state index in [-0.39, 0.29) is 17.8 Å². The van der Waals surface area contributed by atoms with E-state index in [9.17, 15) is 4.79 Å². The number of anilines is 1. The summed E-state index contributed by atoms with van der Waals surface area (Å²) in [5.74, 6) is 0.0767. The van der Waals surface area contributed by atoms with Crippen LogP contribution in [0.4, 0.5) is 5.13 Å². The molecular formula is C12H20N4O3S. The van der Waals surface area contributed by atoms with E-state index in [1.54, 1.807) is 0 Å². The molecule has 0 bridgehead atoms. The van der Waals surface area contributed by atoms with Crippen LogP contribution in [0.5, 0.6) is 0 Å². The Labute approximate surface area is 122 Å². The third-order valence-electron chi connectivity index (χ3n) is 3.01. The Bertz CT molecular complexity index is 457. The van der Waals surface area contributed by atoms with Crippen LogP contribution in [-0.4, -0.2) is 53.2 Å². The Kier molecular flexibility index (Phi) is 6.03. The van der Waals surface area contributed by atoms with Gasteiger partial charge in [-0.1, -0.05) is 18.3 Å². The highest BCUT2D eigenvalue weighted by Crippen LogP contribution is 2.45. The largest absolute Gasteiger partial charge is 0.483 e. The summed E-state index contributed by atoms with van der Waals surface area (Å²) < 4.78 is 0. The Hall–Kier alpha value is -1.54. The predicted octanol–water partition coefficient (Wildman–Crippen LogP) is 1.08. The van der Waals surface area contributed by atoms with Crippen LogP contribution in [0.25, 0.3) is 0 Å². The number of likely N-dealkylation sites (N-methyl/N-ethyl adjacent to an activating group) is 1. The van der Waals surface area contributed by atoms with E-state index in [4.69, 9.17) is 9.90 Å². The summed E-state index contributed by atoms with van der Waals surface area (Å²) in [6.07, 6.45) is 2.83. The molecule has 1 aliphatic rings. The summed E-state index contributed by atoms with van der Waals surface area (Å²) >= 11 is 1.47. The van der Waals surface area contributed by atoms with Gasteiger partial charge in [-0.05, 0) is 26.9 Å². The minimum Gasteiger partial charge on any atom is -0.483 e. The van der Waals surface area contributed by atoms with Crippen LogP contribution in [0.15, 0.2) is 0 Å². The van der Waals surface area contributed by atoms with Gasteiger partial charge in [0.25, 0.3) is 6.47 Å². The van der Waals surface area contributed by atoms with Gasteiger partial charge < -0.3 is 15.3 Å². The molecule has 1 saturated carbocycles. The molecule has 0 aromatic carbocycles. The third-order valence-corrected chi connectivity index (χ3v) is 3.91. The normalized spacial score (nSPS) is 15.2. The summed E-state index contributed by atoms with van der Waals surface area (Å²) in [5.41, 5.74) is -0.157. The van der Waals surface area contributed by atoms with Crippen molar-refractivity contribution in [2.45, 2.75) is 26.2 Å². The van der Waals surface area contributed by atoms with Crippen molar-refractivity contribution in [3.63, 3.8) is 0 Å². The fraction of sp³-hybridized carbons (Fsp3) is 0.667. The van der Waals surface area contributed by atoms with Gasteiger partial charge in [-0.25, -0.2) is 0 Å². The lowest BCUT2D eigenvalue weighted by atomic mass is 10.1. The van der Waals surface area contributed by atoms with Gasteiger partial charge in [0.05, 0.1) is 0 Å². The average Bonchev–Trinajstić information content (AvgIpc) is 2.98. The average molecular weight is 300 g/mol. The molecule has 8 heteroatoms. The lowest BCUT2D eigenvalue weighted by Gasteiger charge is -2.06. The number of carbonyl (C=O) groups excluding carboxylic acids is 1. The number of amides is 1. The predicted molar refractivity (Wildman–Crippen MR) is 76.8 cm³/mol. The summed E-state index contributed by atoms with van der Waals surface area (Å²) in [7, 11) is 4.05. The first-order valence-corrected chi connectivity index (χ1v) is 7.09. The standard InChI is InChI=1S/C11H18N4OS.CH2O2/c1-11(5-6-11)9(16)12-10-14-13-8(17-10)4-7-15(2)3;2-1-3/h4-7H2,1-3H3,(H,12,14,16);1H,(H,2,3). The molecule has 1 aliphatic carbocycles. The van der Waals surface area contributed by atoms with E-state index in [1.165, 1.54) is 11.3 Å². The first kappa shape index (κ1) is 16.5. The second-order valence-corrected chi connectivity index (χ2v) is 6.24. The van der Waals surface area contributed by atoms with Gasteiger partial charge in [-0.15, -0.1) is 10.2 Å². The number of nitrogens with one attached hydrogen (secondary N) is 1. The molecule has 0 atom stereocenters. The molecule has 1 amide bonds. The number of rotatable bonds is 5. The van der Waals surface area contributed by atoms with Gasteiger partial charge in [-0.3, -0.25) is 9.59 Å². The topological polar surface area (TPSA) is 95.4 Å². The molecular weight excluding hydrogens is 280 g/mol. The van der Waals surface area contributed by atoms with Crippen molar-refractivity contribution in [1.82, 2.24) is 15.1 Å². The molecule has 112 valence electrons. The van der Waals surface area contributed by atoms with E-state index >= 15 is 0 Å². The van der Waals surface area contributed by atoms with E-state index in [2.05, 4.69) is 20.4 Å². The molecule has 2 N–H and O–H groups in total. The molecule has 1 fully saturated rings. The molecule has 0 unspecified atom stereocenters. The van der Waals surface area contributed by atoms with Crippen molar-refractivity contribution in [3.8, 4) is 0 Å². The van der Waals surface area contributed by atoms with E-state index in [1.807, 2.05) is 21.0 Å². The number of aromatic nitrogens is 2. The number of carbonyl (C=O) groups is 2. The summed E-state index contributed by atoms with van der Waals surface area (Å²) in [4.78, 5) is 22.3. The summed E-state index contributed by atoms with van der Waals surface area (Å²) in [5, 5.41) is 19.4. The monoisotopic (exact) mass is 300 g/mol. The maximum atomic E-state index is 11.8. The third kappa shape index (κ3) is 5.22. The SMILES string of the molecule is CN(C)CCc1nnc(NC(=O)C2(C)CC2)s1.O=CO. The van der Waals surface area contributed by atoms with Gasteiger partial charge in [0.1, 0.15) is 5.01 Å². The van der Waals surface area contributed by atoms with Crippen LogP contribution >= 0.6 is 11.3 Å². The Morgan fingerprint density at radius 2 is 2.10 bits per heavy atom. The van der Waals surface area contributed by atoms with Crippen LogP contribution in [0.3, 0.4) is 0 Å². The zero-order chi connectivity index (χ0) is 15.2. The smallest absolute Gasteiger partial charge is 0.290 e. The second-order valence-electron chi connectivity index (χ2n) is 5.17. The highest BCUT2D eigenvalue weighted by Gasteiger charge is 2.45. The van der Waals surface area contributed by atoms with Crippen molar-refractivity contribution >= 4 is 28.8 Å². The minimum atomic E-state index is -0.250. The molecule has 2 rings (SSSR count). The fourth-order valence-corrected chi connectivity index (χ4v) is 2.11. The van der Waals surface area contributed by atoms with Crippen LogP contribution in [0.1, 0.15) is 24.8 Å². The van der Waals surface area contributed by atoms with Crippen molar-refractivity contribution in [2.24, 2.45) is 5.41 Å². The zero-order valence-electron chi connectivity index (χ0n) is 11.9. The van der Waals surface area contributed by atoms with Crippen LogP contribution in [0.2, 0.25) is 0 Å². The van der Waals surface area contributed by atoms with Crippen LogP contribution < -0.4 is 5.32 Å². The molecule has 0 aliphatic heterocycles. The number of carboxylic acid groups (broad SMARTS) is 1. The van der Waals surface area contributed by atoms with Gasteiger partial charge in [0, 0.05) is 18.4 Å². The van der Waals surface area contributed by atoms with E-state index < -0.39 is 0 Å². The van der Waals surface area contributed by atoms with Crippen molar-refractivity contribution < 1.29 is 14.7 Å². The molecule has 0 spiro atoms. The first-order valence-electron chi connectivity index (χ1n) is 6.27. The summed E-state index contributed by atoms with van der Waals surface area (Å²) in [6, 6.07) is 0. The van der Waals surface area contributed by atoms with Crippen molar-refractivity contribution in [1.29, 1.82) is 0 Å². The molecule has 1 aromatic rings. The summed E-state index contributed by atoms with van der Waals surface area (Å²) in [6.45, 7) is 2.68. The van der Waals surface area contributed by atoms with E-state index in [0.717, 1.165) is 30.8 Å². The lowest BCUT2D eigenvalue weighted by Crippen LogP contribution is -2.21. The van der Waals surface area contributed by atoms with Gasteiger partial charge in [-0.2, -0.15) is 0 Å². The minimum absolute atomic E-state index is 0.0767. The highest BCUT2D eigenvalue weighted by molar-refractivity contribution is 7.15. The highest BCUT2D eigenvalue weighted by atomic mass is 32.1. The fourth-order valence-electron chi connectivity index (χ4n) is 1.39. The Morgan fingerprint density at radius 1 is 1.50 bits per heavy atom. The number of hydrogen-bond donors (Lipinski definition) is 2. The van der Waals surface area contributed by atoms with Crippen LogP contribution in [0, 0.1) is 5.41 Å². The molecule has 0 radical (unpaired) electrons. The van der Waals surface area contributed by atoms with Gasteiger partial charge >= 0.3 is 0 Å². The van der Waals surface area contributed by atoms with Gasteiger partial charge in [0.15, 0.2) is 0 Å². The second kappa shape index (κ2) is 7.30. The maximum absolute atomic E-state index is 11.8. The molecule has 1 aromatic heterocycles. The molecule has 0 saturated heterocycles. The van der Waals surface area contributed by atoms with E-state index in [0.29, 0.717) is 5.13 Å². The zero-order valence-corrected chi connectivity index (χ0v) is 12.7. The van der Waals surface area contributed by atoms with Crippen LogP contribution in [-0.2, 0) is 16.0 Å². The quantitative estimate of drug-likeness (QED) is 0.790. The van der Waals surface area contributed by atoms with Gasteiger partial charge in [0.2, 0.25) is 11.0 Å². The molecule has 1 heterocycles. The lowest BCUT2D eigenvalue weighted by molar-refractivity contribution is -0.123. The molecule has 7 nitrogen and oxygen atoms in total. The Balaban J connectivity index is 0.000000612. The maximum Gasteiger partial charge on any atom is 0.290 e. The molecule has 20 heavy (non-hydrogen) atoms.